The second-order valence-electron chi connectivity index (χ2n) is 5.41. The maximum absolute atomic E-state index is 12.0. The molecule has 0 fully saturated rings. The monoisotopic (exact) mass is 376 g/mol. The van der Waals surface area contributed by atoms with Crippen molar-refractivity contribution in [3.63, 3.8) is 0 Å². The Balaban J connectivity index is 1.99. The SMILES string of the molecule is CC(C)COC(=O)c1ccc(C(=O)Oc2ccc(Br)cc2)cc1. The maximum atomic E-state index is 12.0. The molecule has 5 heteroatoms. The van der Waals surface area contributed by atoms with Gasteiger partial charge >= 0.3 is 11.9 Å². The fraction of sp³-hybridized carbons (Fsp3) is 0.222. The molecular weight excluding hydrogens is 360 g/mol. The number of carbonyl (C=O) groups is 2. The van der Waals surface area contributed by atoms with Gasteiger partial charge in [-0.1, -0.05) is 29.8 Å². The average molecular weight is 377 g/mol. The molecule has 0 heterocycles. The van der Waals surface area contributed by atoms with Crippen molar-refractivity contribution in [1.29, 1.82) is 0 Å². The minimum atomic E-state index is -0.477. The van der Waals surface area contributed by atoms with Gasteiger partial charge in [-0.2, -0.15) is 0 Å². The van der Waals surface area contributed by atoms with Gasteiger partial charge in [0.05, 0.1) is 17.7 Å². The Labute approximate surface area is 143 Å². The van der Waals surface area contributed by atoms with Crippen molar-refractivity contribution in [3.8, 4) is 5.75 Å². The Morgan fingerprint density at radius 2 is 1.43 bits per heavy atom. The summed E-state index contributed by atoms with van der Waals surface area (Å²) in [6.45, 7) is 4.30. The average Bonchev–Trinajstić information content (AvgIpc) is 2.55. The summed E-state index contributed by atoms with van der Waals surface area (Å²) in [5.41, 5.74) is 0.777. The van der Waals surface area contributed by atoms with Crippen molar-refractivity contribution in [2.75, 3.05) is 6.61 Å². The van der Waals surface area contributed by atoms with Crippen molar-refractivity contribution in [2.24, 2.45) is 5.92 Å². The number of hydrogen-bond donors (Lipinski definition) is 0. The van der Waals surface area contributed by atoms with Crippen LogP contribution in [0.3, 0.4) is 0 Å². The third kappa shape index (κ3) is 5.21. The predicted molar refractivity (Wildman–Crippen MR) is 90.7 cm³/mol. The summed E-state index contributed by atoms with van der Waals surface area (Å²) in [5.74, 6) is -0.140. The first-order chi connectivity index (χ1) is 11.0. The van der Waals surface area contributed by atoms with Crippen molar-refractivity contribution in [2.45, 2.75) is 13.8 Å². The number of rotatable bonds is 5. The van der Waals surface area contributed by atoms with E-state index in [9.17, 15) is 9.59 Å². The molecule has 0 aliphatic carbocycles. The largest absolute Gasteiger partial charge is 0.462 e. The van der Waals surface area contributed by atoms with E-state index in [2.05, 4.69) is 15.9 Å². The quantitative estimate of drug-likeness (QED) is 0.570. The molecule has 0 aromatic heterocycles. The molecule has 4 nitrogen and oxygen atoms in total. The predicted octanol–water partition coefficient (Wildman–Crippen LogP) is 4.48. The minimum absolute atomic E-state index is 0.277. The van der Waals surface area contributed by atoms with Gasteiger partial charge in [-0.25, -0.2) is 9.59 Å². The highest BCUT2D eigenvalue weighted by Crippen LogP contribution is 2.17. The van der Waals surface area contributed by atoms with Gasteiger partial charge in [0, 0.05) is 4.47 Å². The first-order valence-electron chi connectivity index (χ1n) is 7.20. The van der Waals surface area contributed by atoms with Crippen LogP contribution in [-0.2, 0) is 4.74 Å². The molecule has 2 rings (SSSR count). The molecule has 2 aromatic rings. The maximum Gasteiger partial charge on any atom is 0.343 e. The first-order valence-corrected chi connectivity index (χ1v) is 8.00. The Kier molecular flexibility index (Phi) is 5.93. The second-order valence-corrected chi connectivity index (χ2v) is 6.33. The van der Waals surface area contributed by atoms with Gasteiger partial charge in [0.15, 0.2) is 0 Å². The standard InChI is InChI=1S/C18H17BrO4/c1-12(2)11-22-17(20)13-3-5-14(6-4-13)18(21)23-16-9-7-15(19)8-10-16/h3-10,12H,11H2,1-2H3. The Bertz CT molecular complexity index is 675. The molecule has 0 radical (unpaired) electrons. The van der Waals surface area contributed by atoms with Crippen LogP contribution in [-0.4, -0.2) is 18.5 Å². The van der Waals surface area contributed by atoms with Gasteiger partial charge < -0.3 is 9.47 Å². The molecular formula is C18H17BrO4. The van der Waals surface area contributed by atoms with Crippen LogP contribution in [0.5, 0.6) is 5.75 Å². The zero-order valence-corrected chi connectivity index (χ0v) is 14.5. The van der Waals surface area contributed by atoms with Crippen LogP contribution >= 0.6 is 15.9 Å². The lowest BCUT2D eigenvalue weighted by Gasteiger charge is -2.08. The molecule has 23 heavy (non-hydrogen) atoms. The van der Waals surface area contributed by atoms with Gasteiger partial charge in [0.1, 0.15) is 5.75 Å². The summed E-state index contributed by atoms with van der Waals surface area (Å²) in [5, 5.41) is 0. The third-order valence-corrected chi connectivity index (χ3v) is 3.46. The summed E-state index contributed by atoms with van der Waals surface area (Å²) in [6.07, 6.45) is 0. The highest BCUT2D eigenvalue weighted by atomic mass is 79.9. The second kappa shape index (κ2) is 7.92. The zero-order chi connectivity index (χ0) is 16.8. The van der Waals surface area contributed by atoms with Crippen LogP contribution < -0.4 is 4.74 Å². The molecule has 0 saturated heterocycles. The Hall–Kier alpha value is -2.14. The van der Waals surface area contributed by atoms with E-state index in [0.717, 1.165) is 4.47 Å². The first kappa shape index (κ1) is 17.2. The van der Waals surface area contributed by atoms with Crippen LogP contribution in [0.4, 0.5) is 0 Å². The van der Waals surface area contributed by atoms with Gasteiger partial charge in [0.2, 0.25) is 0 Å². The molecule has 0 aliphatic heterocycles. The number of esters is 2. The molecule has 0 bridgehead atoms. The summed E-state index contributed by atoms with van der Waals surface area (Å²) < 4.78 is 11.3. The normalized spacial score (nSPS) is 10.4. The number of carbonyl (C=O) groups excluding carboxylic acids is 2. The van der Waals surface area contributed by atoms with Crippen molar-refractivity contribution < 1.29 is 19.1 Å². The van der Waals surface area contributed by atoms with E-state index in [1.54, 1.807) is 48.5 Å². The summed E-state index contributed by atoms with van der Waals surface area (Å²) in [4.78, 5) is 23.9. The molecule has 120 valence electrons. The molecule has 0 atom stereocenters. The highest BCUT2D eigenvalue weighted by molar-refractivity contribution is 9.10. The lowest BCUT2D eigenvalue weighted by molar-refractivity contribution is 0.0458. The van der Waals surface area contributed by atoms with Crippen LogP contribution in [0, 0.1) is 5.92 Å². The van der Waals surface area contributed by atoms with E-state index < -0.39 is 11.9 Å². The van der Waals surface area contributed by atoms with E-state index in [4.69, 9.17) is 9.47 Å². The fourth-order valence-corrected chi connectivity index (χ4v) is 2.00. The number of hydrogen-bond acceptors (Lipinski definition) is 4. The van der Waals surface area contributed by atoms with E-state index in [1.165, 1.54) is 0 Å². The third-order valence-electron chi connectivity index (χ3n) is 2.93. The zero-order valence-electron chi connectivity index (χ0n) is 12.9. The van der Waals surface area contributed by atoms with Crippen LogP contribution in [0.2, 0.25) is 0 Å². The smallest absolute Gasteiger partial charge is 0.343 e. The number of ether oxygens (including phenoxy) is 2. The van der Waals surface area contributed by atoms with E-state index in [1.807, 2.05) is 13.8 Å². The molecule has 0 saturated carbocycles. The molecule has 0 unspecified atom stereocenters. The molecule has 0 aliphatic rings. The van der Waals surface area contributed by atoms with Gasteiger partial charge in [-0.3, -0.25) is 0 Å². The van der Waals surface area contributed by atoms with Crippen molar-refractivity contribution in [1.82, 2.24) is 0 Å². The van der Waals surface area contributed by atoms with Gasteiger partial charge in [-0.15, -0.1) is 0 Å². The number of benzene rings is 2. The minimum Gasteiger partial charge on any atom is -0.462 e. The van der Waals surface area contributed by atoms with E-state index in [-0.39, 0.29) is 5.92 Å². The lowest BCUT2D eigenvalue weighted by atomic mass is 10.1. The van der Waals surface area contributed by atoms with E-state index in [0.29, 0.717) is 23.5 Å². The molecule has 0 N–H and O–H groups in total. The van der Waals surface area contributed by atoms with Crippen LogP contribution in [0.1, 0.15) is 34.6 Å². The van der Waals surface area contributed by atoms with Gasteiger partial charge in [0.25, 0.3) is 0 Å². The summed E-state index contributed by atoms with van der Waals surface area (Å²) in [6, 6.07) is 13.2. The van der Waals surface area contributed by atoms with Crippen molar-refractivity contribution >= 4 is 27.9 Å². The van der Waals surface area contributed by atoms with Crippen LogP contribution in [0.25, 0.3) is 0 Å². The van der Waals surface area contributed by atoms with Crippen LogP contribution in [0.15, 0.2) is 53.0 Å². The van der Waals surface area contributed by atoms with Crippen molar-refractivity contribution in [3.05, 3.63) is 64.1 Å². The van der Waals surface area contributed by atoms with E-state index >= 15 is 0 Å². The van der Waals surface area contributed by atoms with Gasteiger partial charge in [-0.05, 0) is 54.4 Å². The highest BCUT2D eigenvalue weighted by Gasteiger charge is 2.12. The number of halogens is 1. The Morgan fingerprint density at radius 3 is 1.96 bits per heavy atom. The topological polar surface area (TPSA) is 52.6 Å². The Morgan fingerprint density at radius 1 is 0.913 bits per heavy atom. The summed E-state index contributed by atoms with van der Waals surface area (Å²) in [7, 11) is 0. The lowest BCUT2D eigenvalue weighted by Crippen LogP contribution is -2.11. The molecule has 0 amide bonds. The molecule has 0 spiro atoms. The summed E-state index contributed by atoms with van der Waals surface area (Å²) >= 11 is 3.32. The molecule has 2 aromatic carbocycles. The fourth-order valence-electron chi connectivity index (χ4n) is 1.74.